The van der Waals surface area contributed by atoms with Gasteiger partial charge >= 0.3 is 0 Å². The monoisotopic (exact) mass is 376 g/mol. The molecule has 2 aromatic rings. The summed E-state index contributed by atoms with van der Waals surface area (Å²) in [6, 6.07) is 11.0. The first kappa shape index (κ1) is 19.9. The Morgan fingerprint density at radius 3 is 2.46 bits per heavy atom. The van der Waals surface area contributed by atoms with Crippen LogP contribution in [0.15, 0.2) is 47.1 Å². The SMILES string of the molecule is Cc1ccc(NC(=O)CS(=O)CC(=O)NC(C)CCc2ccco2)cc1. The van der Waals surface area contributed by atoms with E-state index in [9.17, 15) is 13.8 Å². The molecular formula is C19H24N2O4S. The average molecular weight is 376 g/mol. The molecule has 0 bridgehead atoms. The van der Waals surface area contributed by atoms with E-state index in [1.807, 2.05) is 38.1 Å². The van der Waals surface area contributed by atoms with Crippen molar-refractivity contribution in [1.29, 1.82) is 0 Å². The first-order chi connectivity index (χ1) is 12.4. The Morgan fingerprint density at radius 1 is 1.12 bits per heavy atom. The molecule has 1 aromatic heterocycles. The quantitative estimate of drug-likeness (QED) is 0.703. The number of amides is 2. The van der Waals surface area contributed by atoms with Crippen molar-refractivity contribution in [3.63, 3.8) is 0 Å². The maximum Gasteiger partial charge on any atom is 0.237 e. The van der Waals surface area contributed by atoms with E-state index >= 15 is 0 Å². The highest BCUT2D eigenvalue weighted by Gasteiger charge is 2.14. The standard InChI is InChI=1S/C19H24N2O4S/c1-14-5-8-16(9-6-14)21-19(23)13-26(24)12-18(22)20-15(2)7-10-17-4-3-11-25-17/h3-6,8-9,11,15H,7,10,12-13H2,1-2H3,(H,20,22)(H,21,23). The van der Waals surface area contributed by atoms with E-state index in [2.05, 4.69) is 10.6 Å². The number of anilines is 1. The molecule has 2 N–H and O–H groups in total. The van der Waals surface area contributed by atoms with E-state index in [0.29, 0.717) is 5.69 Å². The molecule has 1 heterocycles. The smallest absolute Gasteiger partial charge is 0.237 e. The third-order valence-electron chi connectivity index (χ3n) is 3.73. The molecule has 0 aliphatic heterocycles. The van der Waals surface area contributed by atoms with Crippen LogP contribution in [-0.4, -0.2) is 33.6 Å². The van der Waals surface area contributed by atoms with E-state index in [-0.39, 0.29) is 29.4 Å². The lowest BCUT2D eigenvalue weighted by Crippen LogP contribution is -2.37. The number of carbonyl (C=O) groups excluding carboxylic acids is 2. The molecule has 0 saturated carbocycles. The van der Waals surface area contributed by atoms with Gasteiger partial charge in [0, 0.05) is 28.9 Å². The number of hydrogen-bond acceptors (Lipinski definition) is 4. The summed E-state index contributed by atoms with van der Waals surface area (Å²) in [4.78, 5) is 23.8. The van der Waals surface area contributed by atoms with Gasteiger partial charge in [-0.3, -0.25) is 13.8 Å². The third-order valence-corrected chi connectivity index (χ3v) is 4.90. The van der Waals surface area contributed by atoms with Crippen LogP contribution in [0.2, 0.25) is 0 Å². The molecule has 140 valence electrons. The average Bonchev–Trinajstić information content (AvgIpc) is 3.08. The zero-order valence-electron chi connectivity index (χ0n) is 15.0. The summed E-state index contributed by atoms with van der Waals surface area (Å²) in [6.07, 6.45) is 3.06. The van der Waals surface area contributed by atoms with Crippen molar-refractivity contribution in [3.05, 3.63) is 54.0 Å². The lowest BCUT2D eigenvalue weighted by molar-refractivity contribution is -0.119. The molecule has 2 rings (SSSR count). The summed E-state index contributed by atoms with van der Waals surface area (Å²) >= 11 is 0. The van der Waals surface area contributed by atoms with Crippen LogP contribution in [-0.2, 0) is 26.8 Å². The fourth-order valence-corrected chi connectivity index (χ4v) is 3.22. The van der Waals surface area contributed by atoms with Gasteiger partial charge in [0.05, 0.1) is 6.26 Å². The van der Waals surface area contributed by atoms with Gasteiger partial charge in [-0.25, -0.2) is 0 Å². The Kier molecular flexibility index (Phi) is 7.59. The maximum absolute atomic E-state index is 12.0. The van der Waals surface area contributed by atoms with Crippen LogP contribution in [0.1, 0.15) is 24.7 Å². The number of nitrogens with one attached hydrogen (secondary N) is 2. The molecule has 1 aromatic carbocycles. The van der Waals surface area contributed by atoms with Crippen LogP contribution in [0.5, 0.6) is 0 Å². The zero-order chi connectivity index (χ0) is 18.9. The molecular weight excluding hydrogens is 352 g/mol. The second-order valence-electron chi connectivity index (χ2n) is 6.23. The molecule has 0 spiro atoms. The van der Waals surface area contributed by atoms with Gasteiger partial charge < -0.3 is 15.1 Å². The molecule has 0 radical (unpaired) electrons. The fourth-order valence-electron chi connectivity index (χ4n) is 2.38. The van der Waals surface area contributed by atoms with Crippen LogP contribution >= 0.6 is 0 Å². The number of hydrogen-bond donors (Lipinski definition) is 2. The molecule has 0 saturated heterocycles. The molecule has 2 unspecified atom stereocenters. The molecule has 2 amide bonds. The Bertz CT molecular complexity index is 741. The van der Waals surface area contributed by atoms with Gasteiger partial charge in [-0.1, -0.05) is 17.7 Å². The molecule has 0 fully saturated rings. The summed E-state index contributed by atoms with van der Waals surface area (Å²) in [6.45, 7) is 3.84. The highest BCUT2D eigenvalue weighted by molar-refractivity contribution is 7.86. The summed E-state index contributed by atoms with van der Waals surface area (Å²) in [5.74, 6) is -0.221. The summed E-state index contributed by atoms with van der Waals surface area (Å²) < 4.78 is 17.3. The topological polar surface area (TPSA) is 88.4 Å². The Balaban J connectivity index is 1.68. The van der Waals surface area contributed by atoms with E-state index in [1.54, 1.807) is 18.4 Å². The van der Waals surface area contributed by atoms with E-state index < -0.39 is 10.8 Å². The second kappa shape index (κ2) is 9.91. The lowest BCUT2D eigenvalue weighted by atomic mass is 10.1. The normalized spacial score (nSPS) is 13.0. The Morgan fingerprint density at radius 2 is 1.81 bits per heavy atom. The third kappa shape index (κ3) is 7.23. The minimum atomic E-state index is -1.55. The molecule has 2 atom stereocenters. The van der Waals surface area contributed by atoms with Crippen LogP contribution in [0, 0.1) is 6.92 Å². The van der Waals surface area contributed by atoms with Gasteiger partial charge in [0.25, 0.3) is 0 Å². The fraction of sp³-hybridized carbons (Fsp3) is 0.368. The molecule has 7 heteroatoms. The van der Waals surface area contributed by atoms with Crippen molar-refractivity contribution in [2.24, 2.45) is 0 Å². The highest BCUT2D eigenvalue weighted by Crippen LogP contribution is 2.08. The van der Waals surface area contributed by atoms with Gasteiger partial charge in [0.1, 0.15) is 17.3 Å². The van der Waals surface area contributed by atoms with Gasteiger partial charge in [-0.05, 0) is 44.5 Å². The minimum absolute atomic E-state index is 0.0639. The van der Waals surface area contributed by atoms with Crippen LogP contribution in [0.25, 0.3) is 0 Å². The summed E-state index contributed by atoms with van der Waals surface area (Å²) in [5, 5.41) is 5.47. The van der Waals surface area contributed by atoms with Gasteiger partial charge in [0.2, 0.25) is 11.8 Å². The Labute approximate surface area is 155 Å². The van der Waals surface area contributed by atoms with Crippen molar-refractivity contribution < 1.29 is 18.2 Å². The number of aryl methyl sites for hydroxylation is 2. The largest absolute Gasteiger partial charge is 0.469 e. The predicted molar refractivity (Wildman–Crippen MR) is 102 cm³/mol. The molecule has 26 heavy (non-hydrogen) atoms. The minimum Gasteiger partial charge on any atom is -0.469 e. The maximum atomic E-state index is 12.0. The van der Waals surface area contributed by atoms with Gasteiger partial charge in [0.15, 0.2) is 0 Å². The number of furan rings is 1. The van der Waals surface area contributed by atoms with Gasteiger partial charge in [-0.15, -0.1) is 0 Å². The lowest BCUT2D eigenvalue weighted by Gasteiger charge is -2.13. The predicted octanol–water partition coefficient (Wildman–Crippen LogP) is 2.41. The van der Waals surface area contributed by atoms with E-state index in [0.717, 1.165) is 24.2 Å². The first-order valence-electron chi connectivity index (χ1n) is 8.45. The summed E-state index contributed by atoms with van der Waals surface area (Å²) in [7, 11) is -1.55. The summed E-state index contributed by atoms with van der Waals surface area (Å²) in [5.41, 5.74) is 1.73. The zero-order valence-corrected chi connectivity index (χ0v) is 15.8. The Hall–Kier alpha value is -2.41. The van der Waals surface area contributed by atoms with Crippen molar-refractivity contribution in [2.75, 3.05) is 16.8 Å². The molecule has 0 aliphatic carbocycles. The van der Waals surface area contributed by atoms with Crippen molar-refractivity contribution in [3.8, 4) is 0 Å². The second-order valence-corrected chi connectivity index (χ2v) is 7.69. The number of benzene rings is 1. The van der Waals surface area contributed by atoms with Crippen LogP contribution in [0.3, 0.4) is 0 Å². The van der Waals surface area contributed by atoms with E-state index in [4.69, 9.17) is 4.42 Å². The van der Waals surface area contributed by atoms with Crippen molar-refractivity contribution in [2.45, 2.75) is 32.7 Å². The number of rotatable bonds is 9. The van der Waals surface area contributed by atoms with Crippen molar-refractivity contribution in [1.82, 2.24) is 5.32 Å². The number of carbonyl (C=O) groups is 2. The first-order valence-corrected chi connectivity index (χ1v) is 9.94. The van der Waals surface area contributed by atoms with Gasteiger partial charge in [-0.2, -0.15) is 0 Å². The highest BCUT2D eigenvalue weighted by atomic mass is 32.2. The van der Waals surface area contributed by atoms with Crippen LogP contribution in [0.4, 0.5) is 5.69 Å². The van der Waals surface area contributed by atoms with E-state index in [1.165, 1.54) is 0 Å². The molecule has 0 aliphatic rings. The molecule has 6 nitrogen and oxygen atoms in total. The van der Waals surface area contributed by atoms with Crippen molar-refractivity contribution >= 4 is 28.3 Å². The van der Waals surface area contributed by atoms with Crippen LogP contribution < -0.4 is 10.6 Å².